The second-order valence-electron chi connectivity index (χ2n) is 4.35. The number of hydrogen-bond donors (Lipinski definition) is 0. The smallest absolute Gasteiger partial charge is 0.254 e. The van der Waals surface area contributed by atoms with Gasteiger partial charge in [0, 0.05) is 23.5 Å². The molecule has 0 aliphatic carbocycles. The van der Waals surface area contributed by atoms with E-state index < -0.39 is 0 Å². The first-order chi connectivity index (χ1) is 7.74. The predicted octanol–water partition coefficient (Wildman–Crippen LogP) is 2.93. The summed E-state index contributed by atoms with van der Waals surface area (Å²) in [7, 11) is 0. The summed E-state index contributed by atoms with van der Waals surface area (Å²) in [4.78, 5) is 14.3. The van der Waals surface area contributed by atoms with Crippen molar-refractivity contribution in [3.63, 3.8) is 0 Å². The Morgan fingerprint density at radius 2 is 2.12 bits per heavy atom. The lowest BCUT2D eigenvalue weighted by Gasteiger charge is -2.25. The van der Waals surface area contributed by atoms with Crippen molar-refractivity contribution in [3.8, 4) is 0 Å². The third-order valence-corrected chi connectivity index (χ3v) is 3.99. The zero-order valence-corrected chi connectivity index (χ0v) is 11.0. The van der Waals surface area contributed by atoms with Gasteiger partial charge in [-0.3, -0.25) is 4.79 Å². The number of likely N-dealkylation sites (tertiary alicyclic amines) is 1. The van der Waals surface area contributed by atoms with Gasteiger partial charge in [0.2, 0.25) is 0 Å². The summed E-state index contributed by atoms with van der Waals surface area (Å²) in [6, 6.07) is 9.87. The molecule has 0 bridgehead atoms. The average Bonchev–Trinajstić information content (AvgIpc) is 2.70. The number of rotatable bonds is 2. The van der Waals surface area contributed by atoms with Crippen molar-refractivity contribution in [2.45, 2.75) is 19.4 Å². The van der Waals surface area contributed by atoms with Crippen LogP contribution in [-0.4, -0.2) is 28.7 Å². The van der Waals surface area contributed by atoms with E-state index in [1.807, 2.05) is 35.2 Å². The van der Waals surface area contributed by atoms with Gasteiger partial charge in [-0.25, -0.2) is 0 Å². The molecule has 0 aromatic heterocycles. The van der Waals surface area contributed by atoms with Gasteiger partial charge in [0.05, 0.1) is 0 Å². The Labute approximate surface area is 105 Å². The van der Waals surface area contributed by atoms with E-state index in [2.05, 4.69) is 22.9 Å². The molecule has 1 heterocycles. The lowest BCUT2D eigenvalue weighted by Crippen LogP contribution is -2.38. The predicted molar refractivity (Wildman–Crippen MR) is 68.8 cm³/mol. The largest absolute Gasteiger partial charge is 0.335 e. The molecule has 2 rings (SSSR count). The fourth-order valence-corrected chi connectivity index (χ4v) is 3.23. The lowest BCUT2D eigenvalue weighted by atomic mass is 10.0. The molecule has 0 N–H and O–H groups in total. The van der Waals surface area contributed by atoms with Gasteiger partial charge >= 0.3 is 0 Å². The highest BCUT2D eigenvalue weighted by Gasteiger charge is 2.33. The third kappa shape index (κ3) is 2.14. The molecule has 0 radical (unpaired) electrons. The van der Waals surface area contributed by atoms with Crippen molar-refractivity contribution in [2.24, 2.45) is 5.92 Å². The molecule has 0 spiro atoms. The van der Waals surface area contributed by atoms with Crippen molar-refractivity contribution >= 4 is 21.8 Å². The Balaban J connectivity index is 2.17. The molecule has 1 fully saturated rings. The summed E-state index contributed by atoms with van der Waals surface area (Å²) in [6.07, 6.45) is 1.11. The number of alkyl halides is 1. The van der Waals surface area contributed by atoms with Crippen LogP contribution >= 0.6 is 15.9 Å². The van der Waals surface area contributed by atoms with E-state index in [0.717, 1.165) is 23.9 Å². The van der Waals surface area contributed by atoms with Crippen LogP contribution in [0.5, 0.6) is 0 Å². The van der Waals surface area contributed by atoms with Crippen molar-refractivity contribution in [3.05, 3.63) is 35.9 Å². The summed E-state index contributed by atoms with van der Waals surface area (Å²) in [5.74, 6) is 0.751. The van der Waals surface area contributed by atoms with E-state index >= 15 is 0 Å². The molecule has 2 nitrogen and oxygen atoms in total. The molecule has 1 saturated heterocycles. The summed E-state index contributed by atoms with van der Waals surface area (Å²) in [5, 5.41) is 0.868. The molecule has 0 saturated carbocycles. The van der Waals surface area contributed by atoms with E-state index in [9.17, 15) is 4.79 Å². The van der Waals surface area contributed by atoms with Crippen LogP contribution in [0.2, 0.25) is 0 Å². The molecule has 1 amide bonds. The third-order valence-electron chi connectivity index (χ3n) is 3.32. The van der Waals surface area contributed by atoms with Gasteiger partial charge in [0.25, 0.3) is 5.91 Å². The molecule has 2 atom stereocenters. The van der Waals surface area contributed by atoms with Crippen LogP contribution in [0.15, 0.2) is 30.3 Å². The minimum absolute atomic E-state index is 0.161. The summed E-state index contributed by atoms with van der Waals surface area (Å²) in [6.45, 7) is 3.09. The van der Waals surface area contributed by atoms with Crippen molar-refractivity contribution in [1.29, 1.82) is 0 Å². The van der Waals surface area contributed by atoms with Crippen LogP contribution in [0, 0.1) is 5.92 Å². The Morgan fingerprint density at radius 1 is 1.44 bits per heavy atom. The highest BCUT2D eigenvalue weighted by Crippen LogP contribution is 2.26. The summed E-state index contributed by atoms with van der Waals surface area (Å²) < 4.78 is 0. The second-order valence-corrected chi connectivity index (χ2v) is 5.00. The summed E-state index contributed by atoms with van der Waals surface area (Å²) >= 11 is 3.50. The first-order valence-electron chi connectivity index (χ1n) is 5.66. The van der Waals surface area contributed by atoms with Gasteiger partial charge in [-0.2, -0.15) is 0 Å². The molecule has 1 aliphatic heterocycles. The van der Waals surface area contributed by atoms with Crippen LogP contribution in [0.3, 0.4) is 0 Å². The number of hydrogen-bond acceptors (Lipinski definition) is 1. The maximum atomic E-state index is 12.3. The number of carbonyl (C=O) groups is 1. The lowest BCUT2D eigenvalue weighted by molar-refractivity contribution is 0.0738. The number of nitrogens with zero attached hydrogens (tertiary/aromatic N) is 1. The molecule has 1 aliphatic rings. The quantitative estimate of drug-likeness (QED) is 0.764. The molecular weight excluding hydrogens is 266 g/mol. The van der Waals surface area contributed by atoms with Crippen LogP contribution < -0.4 is 0 Å². The van der Waals surface area contributed by atoms with E-state index in [-0.39, 0.29) is 5.91 Å². The summed E-state index contributed by atoms with van der Waals surface area (Å²) in [5.41, 5.74) is 0.794. The van der Waals surface area contributed by atoms with Gasteiger partial charge in [0.1, 0.15) is 0 Å². The highest BCUT2D eigenvalue weighted by molar-refractivity contribution is 9.09. The maximum absolute atomic E-state index is 12.3. The molecule has 1 aromatic rings. The van der Waals surface area contributed by atoms with Gasteiger partial charge < -0.3 is 4.90 Å². The number of carbonyl (C=O) groups excluding carboxylic acids is 1. The fraction of sp³-hybridized carbons (Fsp3) is 0.462. The van der Waals surface area contributed by atoms with E-state index in [4.69, 9.17) is 0 Å². The van der Waals surface area contributed by atoms with Crippen LogP contribution in [0.1, 0.15) is 23.7 Å². The van der Waals surface area contributed by atoms with Gasteiger partial charge in [-0.1, -0.05) is 41.1 Å². The Hall–Kier alpha value is -0.830. The van der Waals surface area contributed by atoms with Crippen LogP contribution in [0.4, 0.5) is 0 Å². The Morgan fingerprint density at radius 3 is 2.75 bits per heavy atom. The number of amides is 1. The minimum Gasteiger partial charge on any atom is -0.335 e. The van der Waals surface area contributed by atoms with Crippen molar-refractivity contribution in [2.75, 3.05) is 11.9 Å². The van der Waals surface area contributed by atoms with E-state index in [1.54, 1.807) is 0 Å². The minimum atomic E-state index is 0.161. The van der Waals surface area contributed by atoms with Crippen LogP contribution in [-0.2, 0) is 0 Å². The first-order valence-corrected chi connectivity index (χ1v) is 6.78. The number of halogens is 1. The molecule has 1 aromatic carbocycles. The molecule has 16 heavy (non-hydrogen) atoms. The first kappa shape index (κ1) is 11.6. The van der Waals surface area contributed by atoms with Gasteiger partial charge in [-0.15, -0.1) is 0 Å². The van der Waals surface area contributed by atoms with Crippen molar-refractivity contribution in [1.82, 2.24) is 4.90 Å². The monoisotopic (exact) mass is 281 g/mol. The normalized spacial score (nSPS) is 24.8. The second kappa shape index (κ2) is 5.00. The van der Waals surface area contributed by atoms with Gasteiger partial charge in [-0.05, 0) is 24.5 Å². The fourth-order valence-electron chi connectivity index (χ4n) is 2.24. The van der Waals surface area contributed by atoms with E-state index in [0.29, 0.717) is 12.0 Å². The molecule has 2 unspecified atom stereocenters. The van der Waals surface area contributed by atoms with Crippen molar-refractivity contribution < 1.29 is 4.79 Å². The zero-order chi connectivity index (χ0) is 11.5. The van der Waals surface area contributed by atoms with E-state index in [1.165, 1.54) is 0 Å². The SMILES string of the molecule is CC1CCN(C(=O)c2ccccc2)C1CBr. The maximum Gasteiger partial charge on any atom is 0.254 e. The average molecular weight is 282 g/mol. The highest BCUT2D eigenvalue weighted by atomic mass is 79.9. The standard InChI is InChI=1S/C13H16BrNO/c1-10-7-8-15(12(10)9-14)13(16)11-5-3-2-4-6-11/h2-6,10,12H,7-9H2,1H3. The topological polar surface area (TPSA) is 20.3 Å². The molecule has 86 valence electrons. The Bertz CT molecular complexity index is 365. The number of benzene rings is 1. The van der Waals surface area contributed by atoms with Crippen LogP contribution in [0.25, 0.3) is 0 Å². The Kier molecular flexibility index (Phi) is 3.64. The van der Waals surface area contributed by atoms with Gasteiger partial charge in [0.15, 0.2) is 0 Å². The molecular formula is C13H16BrNO. The molecule has 3 heteroatoms. The zero-order valence-electron chi connectivity index (χ0n) is 9.40.